The molecule has 0 saturated heterocycles. The first-order chi connectivity index (χ1) is 11.6. The molecular weight excluding hydrogens is 451 g/mol. The molecule has 0 heterocycles. The van der Waals surface area contributed by atoms with Crippen LogP contribution in [0.15, 0.2) is 35.3 Å². The molecule has 0 atom stereocenters. The van der Waals surface area contributed by atoms with E-state index in [0.717, 1.165) is 25.8 Å². The molecule has 1 fully saturated rings. The minimum Gasteiger partial charge on any atom is -0.356 e. The van der Waals surface area contributed by atoms with Gasteiger partial charge in [0.15, 0.2) is 5.96 Å². The van der Waals surface area contributed by atoms with Gasteiger partial charge in [-0.1, -0.05) is 36.8 Å². The number of hydrogen-bond acceptors (Lipinski definition) is 3. The Balaban J connectivity index is 0.00000312. The monoisotopic (exact) mass is 480 g/mol. The van der Waals surface area contributed by atoms with Crippen molar-refractivity contribution in [3.05, 3.63) is 35.9 Å². The fourth-order valence-electron chi connectivity index (χ4n) is 2.51. The van der Waals surface area contributed by atoms with Gasteiger partial charge in [0, 0.05) is 26.7 Å². The Morgan fingerprint density at radius 3 is 2.44 bits per heavy atom. The van der Waals surface area contributed by atoms with Gasteiger partial charge >= 0.3 is 0 Å². The average Bonchev–Trinajstić information content (AvgIpc) is 2.52. The van der Waals surface area contributed by atoms with Crippen LogP contribution >= 0.6 is 24.0 Å². The lowest BCUT2D eigenvalue weighted by atomic mass is 9.86. The van der Waals surface area contributed by atoms with Crippen LogP contribution in [0.2, 0.25) is 0 Å². The van der Waals surface area contributed by atoms with E-state index in [1.807, 2.05) is 18.2 Å². The van der Waals surface area contributed by atoms with Gasteiger partial charge in [-0.05, 0) is 30.7 Å². The Kier molecular flexibility index (Phi) is 10.4. The van der Waals surface area contributed by atoms with Crippen molar-refractivity contribution < 1.29 is 8.42 Å². The number of hydrogen-bond donors (Lipinski definition) is 3. The molecule has 6 nitrogen and oxygen atoms in total. The van der Waals surface area contributed by atoms with E-state index < -0.39 is 10.0 Å². The van der Waals surface area contributed by atoms with Crippen LogP contribution in [0.3, 0.4) is 0 Å². The molecule has 0 unspecified atom stereocenters. The molecule has 1 aliphatic rings. The summed E-state index contributed by atoms with van der Waals surface area (Å²) in [6.07, 6.45) is 4.39. The first-order valence-electron chi connectivity index (χ1n) is 8.55. The lowest BCUT2D eigenvalue weighted by molar-refractivity contribution is 0.316. The number of rotatable bonds is 9. The SMILES string of the molecule is CN=C(NCCc1ccccc1)NCCS(=O)(=O)NCC1CCC1.I. The molecule has 1 saturated carbocycles. The first-order valence-corrected chi connectivity index (χ1v) is 10.2. The van der Waals surface area contributed by atoms with Crippen molar-refractivity contribution >= 4 is 40.0 Å². The van der Waals surface area contributed by atoms with Gasteiger partial charge in [-0.2, -0.15) is 0 Å². The fourth-order valence-corrected chi connectivity index (χ4v) is 3.51. The Morgan fingerprint density at radius 2 is 1.84 bits per heavy atom. The van der Waals surface area contributed by atoms with Crippen LogP contribution < -0.4 is 15.4 Å². The fraction of sp³-hybridized carbons (Fsp3) is 0.588. The van der Waals surface area contributed by atoms with Crippen molar-refractivity contribution in [3.8, 4) is 0 Å². The number of nitrogens with one attached hydrogen (secondary N) is 3. The number of guanidine groups is 1. The van der Waals surface area contributed by atoms with Crippen molar-refractivity contribution in [2.45, 2.75) is 25.7 Å². The molecule has 8 heteroatoms. The summed E-state index contributed by atoms with van der Waals surface area (Å²) in [5, 5.41) is 6.24. The largest absolute Gasteiger partial charge is 0.356 e. The topological polar surface area (TPSA) is 82.6 Å². The van der Waals surface area contributed by atoms with Gasteiger partial charge in [-0.3, -0.25) is 4.99 Å². The molecule has 2 rings (SSSR count). The third kappa shape index (κ3) is 8.87. The van der Waals surface area contributed by atoms with Crippen LogP contribution in [0.25, 0.3) is 0 Å². The molecule has 3 N–H and O–H groups in total. The third-order valence-corrected chi connectivity index (χ3v) is 5.60. The highest BCUT2D eigenvalue weighted by Gasteiger charge is 2.19. The van der Waals surface area contributed by atoms with Gasteiger partial charge < -0.3 is 10.6 Å². The molecule has 25 heavy (non-hydrogen) atoms. The van der Waals surface area contributed by atoms with E-state index in [-0.39, 0.29) is 29.7 Å². The van der Waals surface area contributed by atoms with Crippen molar-refractivity contribution in [1.82, 2.24) is 15.4 Å². The molecule has 0 bridgehead atoms. The summed E-state index contributed by atoms with van der Waals surface area (Å²) in [7, 11) is -1.53. The molecule has 0 radical (unpaired) electrons. The smallest absolute Gasteiger partial charge is 0.213 e. The molecule has 1 aromatic rings. The van der Waals surface area contributed by atoms with Gasteiger partial charge in [-0.15, -0.1) is 24.0 Å². The molecule has 0 spiro atoms. The van der Waals surface area contributed by atoms with E-state index in [2.05, 4.69) is 32.5 Å². The normalized spacial score (nSPS) is 15.2. The lowest BCUT2D eigenvalue weighted by Gasteiger charge is -2.25. The first kappa shape index (κ1) is 22.2. The van der Waals surface area contributed by atoms with Crippen LogP contribution in [-0.4, -0.2) is 46.8 Å². The van der Waals surface area contributed by atoms with Crippen LogP contribution in [0.1, 0.15) is 24.8 Å². The average molecular weight is 480 g/mol. The predicted octanol–water partition coefficient (Wildman–Crippen LogP) is 1.73. The minimum absolute atomic E-state index is 0. The summed E-state index contributed by atoms with van der Waals surface area (Å²) in [5.74, 6) is 1.21. The highest BCUT2D eigenvalue weighted by atomic mass is 127. The summed E-state index contributed by atoms with van der Waals surface area (Å²) in [6.45, 7) is 1.66. The molecule has 0 amide bonds. The summed E-state index contributed by atoms with van der Waals surface area (Å²) in [6, 6.07) is 10.2. The van der Waals surface area contributed by atoms with E-state index in [1.54, 1.807) is 7.05 Å². The second-order valence-corrected chi connectivity index (χ2v) is 8.05. The maximum atomic E-state index is 11.9. The molecule has 0 aliphatic heterocycles. The van der Waals surface area contributed by atoms with Crippen molar-refractivity contribution in [1.29, 1.82) is 0 Å². The maximum Gasteiger partial charge on any atom is 0.213 e. The van der Waals surface area contributed by atoms with Crippen LogP contribution in [0.5, 0.6) is 0 Å². The van der Waals surface area contributed by atoms with Crippen molar-refractivity contribution in [2.24, 2.45) is 10.9 Å². The van der Waals surface area contributed by atoms with Gasteiger partial charge in [0.1, 0.15) is 0 Å². The van der Waals surface area contributed by atoms with Gasteiger partial charge in [0.2, 0.25) is 10.0 Å². The quantitative estimate of drug-likeness (QED) is 0.286. The number of benzene rings is 1. The highest BCUT2D eigenvalue weighted by molar-refractivity contribution is 14.0. The van der Waals surface area contributed by atoms with Crippen molar-refractivity contribution in [2.75, 3.05) is 32.4 Å². The Morgan fingerprint density at radius 1 is 1.16 bits per heavy atom. The highest BCUT2D eigenvalue weighted by Crippen LogP contribution is 2.25. The van der Waals surface area contributed by atoms with Gasteiger partial charge in [0.05, 0.1) is 5.75 Å². The van der Waals surface area contributed by atoms with E-state index in [1.165, 1.54) is 12.0 Å². The van der Waals surface area contributed by atoms with E-state index in [9.17, 15) is 8.42 Å². The van der Waals surface area contributed by atoms with E-state index >= 15 is 0 Å². The zero-order chi connectivity index (χ0) is 17.3. The predicted molar refractivity (Wildman–Crippen MR) is 114 cm³/mol. The summed E-state index contributed by atoms with van der Waals surface area (Å²) in [4.78, 5) is 4.11. The molecule has 1 aliphatic carbocycles. The van der Waals surface area contributed by atoms with E-state index in [4.69, 9.17) is 0 Å². The lowest BCUT2D eigenvalue weighted by Crippen LogP contribution is -2.42. The summed E-state index contributed by atoms with van der Waals surface area (Å²) < 4.78 is 26.6. The van der Waals surface area contributed by atoms with Gasteiger partial charge in [-0.25, -0.2) is 13.1 Å². The molecule has 1 aromatic carbocycles. The number of nitrogens with zero attached hydrogens (tertiary/aromatic N) is 1. The van der Waals surface area contributed by atoms with Gasteiger partial charge in [0.25, 0.3) is 0 Å². The van der Waals surface area contributed by atoms with Crippen LogP contribution in [0, 0.1) is 5.92 Å². The van der Waals surface area contributed by atoms with Crippen molar-refractivity contribution in [3.63, 3.8) is 0 Å². The summed E-state index contributed by atoms with van der Waals surface area (Å²) >= 11 is 0. The Bertz CT molecular complexity index is 619. The second kappa shape index (κ2) is 11.7. The second-order valence-electron chi connectivity index (χ2n) is 6.13. The third-order valence-electron chi connectivity index (χ3n) is 4.25. The van der Waals surface area contributed by atoms with Crippen LogP contribution in [-0.2, 0) is 16.4 Å². The molecule has 142 valence electrons. The Hall–Kier alpha value is -0.870. The standard InChI is InChI=1S/C17H28N4O2S.HI/c1-18-17(19-11-10-15-6-3-2-4-7-15)20-12-13-24(22,23)21-14-16-8-5-9-16;/h2-4,6-7,16,21H,5,8-14H2,1H3,(H2,18,19,20);1H. The molecular formula is C17H29IN4O2S. The minimum atomic E-state index is -3.22. The van der Waals surface area contributed by atoms with E-state index in [0.29, 0.717) is 25.0 Å². The summed E-state index contributed by atoms with van der Waals surface area (Å²) in [5.41, 5.74) is 1.25. The number of aliphatic imine (C=N–C) groups is 1. The zero-order valence-corrected chi connectivity index (χ0v) is 17.8. The number of sulfonamides is 1. The molecule has 0 aromatic heterocycles. The maximum absolute atomic E-state index is 11.9. The number of halogens is 1. The van der Waals surface area contributed by atoms with Crippen LogP contribution in [0.4, 0.5) is 0 Å². The Labute approximate surface area is 168 Å². The zero-order valence-electron chi connectivity index (χ0n) is 14.7.